The molecular weight excluding hydrogens is 318 g/mol. The van der Waals surface area contributed by atoms with Gasteiger partial charge in [-0.2, -0.15) is 0 Å². The van der Waals surface area contributed by atoms with Gasteiger partial charge >= 0.3 is 0 Å². The number of ether oxygens (including phenoxy) is 2. The number of anilines is 1. The number of nitrogens with zero attached hydrogens (tertiary/aromatic N) is 2. The summed E-state index contributed by atoms with van der Waals surface area (Å²) in [7, 11) is 3.87. The number of carbonyl (C=O) groups is 1. The fourth-order valence-electron chi connectivity index (χ4n) is 3.07. The number of amides is 1. The summed E-state index contributed by atoms with van der Waals surface area (Å²) in [4.78, 5) is 18.9. The van der Waals surface area contributed by atoms with Crippen molar-refractivity contribution in [2.75, 3.05) is 52.0 Å². The lowest BCUT2D eigenvalue weighted by atomic mass is 10.1. The number of fused-ring (bicyclic) bond motifs is 1. The summed E-state index contributed by atoms with van der Waals surface area (Å²) in [5.74, 6) is 0.357. The maximum Gasteiger partial charge on any atom is 0.255 e. The molecule has 3 rings (SSSR count). The Kier molecular flexibility index (Phi) is 5.83. The van der Waals surface area contributed by atoms with Crippen molar-refractivity contribution in [1.29, 1.82) is 0 Å². The van der Waals surface area contributed by atoms with Crippen LogP contribution in [0.25, 0.3) is 10.9 Å². The van der Waals surface area contributed by atoms with Crippen molar-refractivity contribution in [1.82, 2.24) is 10.3 Å². The first kappa shape index (κ1) is 17.6. The zero-order valence-electron chi connectivity index (χ0n) is 14.8. The number of para-hydroxylation sites is 1. The van der Waals surface area contributed by atoms with Crippen molar-refractivity contribution in [3.63, 3.8) is 0 Å². The van der Waals surface area contributed by atoms with Gasteiger partial charge in [-0.05, 0) is 12.5 Å². The first-order valence-corrected chi connectivity index (χ1v) is 8.65. The highest BCUT2D eigenvalue weighted by molar-refractivity contribution is 6.07. The van der Waals surface area contributed by atoms with E-state index in [9.17, 15) is 4.79 Å². The number of aromatic nitrogens is 1. The highest BCUT2D eigenvalue weighted by Gasteiger charge is 2.17. The van der Waals surface area contributed by atoms with Gasteiger partial charge in [0.1, 0.15) is 0 Å². The molecule has 134 valence electrons. The van der Waals surface area contributed by atoms with Crippen LogP contribution in [0.3, 0.4) is 0 Å². The topological polar surface area (TPSA) is 63.7 Å². The second-order valence-corrected chi connectivity index (χ2v) is 6.49. The van der Waals surface area contributed by atoms with E-state index in [0.717, 1.165) is 36.2 Å². The van der Waals surface area contributed by atoms with Gasteiger partial charge in [-0.3, -0.25) is 9.78 Å². The molecule has 1 aliphatic rings. The Bertz CT molecular complexity index is 727. The first-order valence-electron chi connectivity index (χ1n) is 8.65. The third kappa shape index (κ3) is 4.27. The van der Waals surface area contributed by atoms with Gasteiger partial charge in [-0.1, -0.05) is 18.2 Å². The van der Waals surface area contributed by atoms with Crippen molar-refractivity contribution < 1.29 is 14.3 Å². The van der Waals surface area contributed by atoms with Crippen LogP contribution in [-0.4, -0.2) is 58.0 Å². The van der Waals surface area contributed by atoms with Gasteiger partial charge in [0, 0.05) is 44.7 Å². The molecule has 2 heterocycles. The molecule has 0 bridgehead atoms. The Morgan fingerprint density at radius 1 is 1.40 bits per heavy atom. The molecule has 6 nitrogen and oxygen atoms in total. The minimum absolute atomic E-state index is 0.130. The highest BCUT2D eigenvalue weighted by Crippen LogP contribution is 2.27. The fraction of sp³-hybridized carbons (Fsp3) is 0.474. The third-order valence-electron chi connectivity index (χ3n) is 4.35. The van der Waals surface area contributed by atoms with Gasteiger partial charge in [-0.25, -0.2) is 0 Å². The number of nitrogens with one attached hydrogen (secondary N) is 1. The molecule has 6 heteroatoms. The molecular formula is C19H25N3O3. The summed E-state index contributed by atoms with van der Waals surface area (Å²) < 4.78 is 11.0. The number of benzene rings is 1. The van der Waals surface area contributed by atoms with Gasteiger partial charge < -0.3 is 19.7 Å². The molecule has 1 saturated heterocycles. The normalized spacial score (nSPS) is 17.0. The maximum absolute atomic E-state index is 12.6. The monoisotopic (exact) mass is 343 g/mol. The second kappa shape index (κ2) is 8.27. The van der Waals surface area contributed by atoms with Gasteiger partial charge in [0.2, 0.25) is 0 Å². The largest absolute Gasteiger partial charge is 0.381 e. The molecule has 1 aromatic carbocycles. The van der Waals surface area contributed by atoms with Crippen LogP contribution in [0.5, 0.6) is 0 Å². The van der Waals surface area contributed by atoms with Crippen LogP contribution >= 0.6 is 0 Å². The van der Waals surface area contributed by atoms with Gasteiger partial charge in [0.15, 0.2) is 0 Å². The zero-order valence-corrected chi connectivity index (χ0v) is 14.8. The van der Waals surface area contributed by atoms with Crippen LogP contribution in [0.1, 0.15) is 16.8 Å². The van der Waals surface area contributed by atoms with Gasteiger partial charge in [0.05, 0.1) is 36.6 Å². The van der Waals surface area contributed by atoms with E-state index in [1.807, 2.05) is 43.3 Å². The van der Waals surface area contributed by atoms with Crippen molar-refractivity contribution in [2.45, 2.75) is 6.42 Å². The molecule has 0 saturated carbocycles. The molecule has 25 heavy (non-hydrogen) atoms. The van der Waals surface area contributed by atoms with Crippen LogP contribution in [0, 0.1) is 5.92 Å². The Balaban J connectivity index is 1.60. The van der Waals surface area contributed by atoms with E-state index in [4.69, 9.17) is 9.47 Å². The molecule has 1 amide bonds. The molecule has 0 spiro atoms. The van der Waals surface area contributed by atoms with Crippen LogP contribution in [0.15, 0.2) is 30.5 Å². The number of hydrogen-bond acceptors (Lipinski definition) is 5. The molecule has 1 unspecified atom stereocenters. The molecule has 1 aromatic heterocycles. The standard InChI is InChI=1S/C19H25N3O3/c1-22(2)18-15-5-3-4-6-17(15)21-11-16(18)19(23)20-8-10-25-13-14-7-9-24-12-14/h3-6,11,14H,7-10,12-13H2,1-2H3,(H,20,23). The predicted octanol–water partition coefficient (Wildman–Crippen LogP) is 2.08. The van der Waals surface area contributed by atoms with Crippen LogP contribution in [0.4, 0.5) is 5.69 Å². The fourth-order valence-corrected chi connectivity index (χ4v) is 3.07. The van der Waals surface area contributed by atoms with Crippen molar-refractivity contribution in [3.8, 4) is 0 Å². The Morgan fingerprint density at radius 2 is 2.24 bits per heavy atom. The highest BCUT2D eigenvalue weighted by atomic mass is 16.5. The molecule has 0 radical (unpaired) electrons. The van der Waals surface area contributed by atoms with Crippen LogP contribution in [0.2, 0.25) is 0 Å². The predicted molar refractivity (Wildman–Crippen MR) is 98.1 cm³/mol. The summed E-state index contributed by atoms with van der Waals surface area (Å²) in [5, 5.41) is 3.89. The summed E-state index contributed by atoms with van der Waals surface area (Å²) in [6.45, 7) is 3.28. The number of hydrogen-bond donors (Lipinski definition) is 1. The average molecular weight is 343 g/mol. The Morgan fingerprint density at radius 3 is 3.00 bits per heavy atom. The van der Waals surface area contributed by atoms with E-state index in [1.54, 1.807) is 6.20 Å². The van der Waals surface area contributed by atoms with Gasteiger partial charge in [-0.15, -0.1) is 0 Å². The smallest absolute Gasteiger partial charge is 0.255 e. The van der Waals surface area contributed by atoms with E-state index in [2.05, 4.69) is 10.3 Å². The molecule has 1 atom stereocenters. The van der Waals surface area contributed by atoms with Gasteiger partial charge in [0.25, 0.3) is 5.91 Å². The van der Waals surface area contributed by atoms with E-state index in [1.165, 1.54) is 0 Å². The lowest BCUT2D eigenvalue weighted by molar-refractivity contribution is 0.0823. The van der Waals surface area contributed by atoms with E-state index >= 15 is 0 Å². The van der Waals surface area contributed by atoms with Crippen LogP contribution < -0.4 is 10.2 Å². The lowest BCUT2D eigenvalue weighted by Crippen LogP contribution is -2.29. The summed E-state index contributed by atoms with van der Waals surface area (Å²) in [5.41, 5.74) is 2.34. The number of pyridine rings is 1. The number of rotatable bonds is 7. The summed E-state index contributed by atoms with van der Waals surface area (Å²) in [6.07, 6.45) is 2.70. The molecule has 2 aromatic rings. The average Bonchev–Trinajstić information content (AvgIpc) is 3.13. The quantitative estimate of drug-likeness (QED) is 0.780. The molecule has 1 aliphatic heterocycles. The second-order valence-electron chi connectivity index (χ2n) is 6.49. The zero-order chi connectivity index (χ0) is 17.6. The Labute approximate surface area is 148 Å². The lowest BCUT2D eigenvalue weighted by Gasteiger charge is -2.19. The minimum Gasteiger partial charge on any atom is -0.381 e. The van der Waals surface area contributed by atoms with Crippen molar-refractivity contribution >= 4 is 22.5 Å². The number of carbonyl (C=O) groups excluding carboxylic acids is 1. The summed E-state index contributed by atoms with van der Waals surface area (Å²) >= 11 is 0. The molecule has 1 fully saturated rings. The summed E-state index contributed by atoms with van der Waals surface area (Å²) in [6, 6.07) is 7.84. The SMILES string of the molecule is CN(C)c1c(C(=O)NCCOCC2CCOC2)cnc2ccccc12. The Hall–Kier alpha value is -2.18. The van der Waals surface area contributed by atoms with Crippen molar-refractivity contribution in [2.24, 2.45) is 5.92 Å². The minimum atomic E-state index is -0.130. The molecule has 0 aliphatic carbocycles. The van der Waals surface area contributed by atoms with Crippen LogP contribution in [-0.2, 0) is 9.47 Å². The van der Waals surface area contributed by atoms with E-state index < -0.39 is 0 Å². The molecule has 1 N–H and O–H groups in total. The van der Waals surface area contributed by atoms with E-state index in [0.29, 0.717) is 31.2 Å². The first-order chi connectivity index (χ1) is 12.2. The van der Waals surface area contributed by atoms with E-state index in [-0.39, 0.29) is 5.91 Å². The third-order valence-corrected chi connectivity index (χ3v) is 4.35. The maximum atomic E-state index is 12.6. The van der Waals surface area contributed by atoms with Crippen molar-refractivity contribution in [3.05, 3.63) is 36.0 Å².